The first-order chi connectivity index (χ1) is 13.6. The normalized spacial score (nSPS) is 21.9. The Bertz CT molecular complexity index is 958. The second-order valence-electron chi connectivity index (χ2n) is 7.51. The third-order valence-corrected chi connectivity index (χ3v) is 6.44. The number of likely N-dealkylation sites (tertiary alicyclic amines) is 2. The Labute approximate surface area is 166 Å². The first-order valence-corrected chi connectivity index (χ1v) is 10.2. The highest BCUT2D eigenvalue weighted by atomic mass is 32.1. The van der Waals surface area contributed by atoms with E-state index in [9.17, 15) is 4.79 Å². The summed E-state index contributed by atoms with van der Waals surface area (Å²) >= 11 is 1.49. The Hall–Kier alpha value is -2.71. The number of rotatable bonds is 4. The number of thiazole rings is 1. The third-order valence-electron chi connectivity index (χ3n) is 5.55. The fourth-order valence-electron chi connectivity index (χ4n) is 4.21. The van der Waals surface area contributed by atoms with Crippen LogP contribution in [0, 0.1) is 11.8 Å². The second-order valence-corrected chi connectivity index (χ2v) is 8.50. The summed E-state index contributed by atoms with van der Waals surface area (Å²) in [7, 11) is 0. The summed E-state index contributed by atoms with van der Waals surface area (Å²) in [5.41, 5.74) is 7.38. The van der Waals surface area contributed by atoms with Crippen LogP contribution in [0.15, 0.2) is 42.6 Å². The number of urea groups is 1. The van der Waals surface area contributed by atoms with E-state index in [0.717, 1.165) is 43.2 Å². The van der Waals surface area contributed by atoms with Crippen LogP contribution in [0.2, 0.25) is 0 Å². The van der Waals surface area contributed by atoms with E-state index >= 15 is 0 Å². The fraction of sp³-hybridized carbons (Fsp3) is 0.350. The molecule has 8 heteroatoms. The highest BCUT2D eigenvalue weighted by Crippen LogP contribution is 2.33. The average Bonchev–Trinajstić information content (AvgIpc) is 3.35. The summed E-state index contributed by atoms with van der Waals surface area (Å²) in [6.07, 6.45) is 1.73. The van der Waals surface area contributed by atoms with Gasteiger partial charge < -0.3 is 15.4 Å². The van der Waals surface area contributed by atoms with Crippen LogP contribution in [0.25, 0.3) is 10.3 Å². The topological polar surface area (TPSA) is 84.6 Å². The van der Waals surface area contributed by atoms with Gasteiger partial charge in [0.1, 0.15) is 5.75 Å². The smallest absolute Gasteiger partial charge is 0.314 e. The number of hydrogen-bond acceptors (Lipinski definition) is 6. The van der Waals surface area contributed by atoms with Crippen molar-refractivity contribution >= 4 is 27.7 Å². The SMILES string of the molecule is NC(=O)N1CC2CN(Cc3ccc(Oc4nc5ncccc5s4)cc3)CC2C1. The van der Waals surface area contributed by atoms with E-state index in [0.29, 0.717) is 22.7 Å². The molecule has 2 amide bonds. The molecule has 0 spiro atoms. The Morgan fingerprint density at radius 3 is 2.57 bits per heavy atom. The first-order valence-electron chi connectivity index (χ1n) is 9.39. The molecule has 2 aromatic heterocycles. The van der Waals surface area contributed by atoms with Crippen LogP contribution < -0.4 is 10.5 Å². The first kappa shape index (κ1) is 17.4. The molecule has 2 aliphatic rings. The summed E-state index contributed by atoms with van der Waals surface area (Å²) in [6, 6.07) is 11.8. The highest BCUT2D eigenvalue weighted by molar-refractivity contribution is 7.20. The van der Waals surface area contributed by atoms with Crippen LogP contribution in [0.5, 0.6) is 10.9 Å². The lowest BCUT2D eigenvalue weighted by atomic mass is 10.0. The van der Waals surface area contributed by atoms with E-state index in [1.54, 1.807) is 11.1 Å². The number of hydrogen-bond donors (Lipinski definition) is 1. The summed E-state index contributed by atoms with van der Waals surface area (Å²) < 4.78 is 6.90. The largest absolute Gasteiger partial charge is 0.431 e. The van der Waals surface area contributed by atoms with E-state index in [2.05, 4.69) is 27.0 Å². The number of ether oxygens (including phenoxy) is 1. The number of carbonyl (C=O) groups excluding carboxylic acids is 1. The molecule has 2 fully saturated rings. The molecule has 2 N–H and O–H groups in total. The number of fused-ring (bicyclic) bond motifs is 2. The predicted molar refractivity (Wildman–Crippen MR) is 107 cm³/mol. The standard InChI is InChI=1S/C20H21N5O2S/c21-19(26)25-11-14-9-24(10-15(14)12-25)8-13-3-5-16(6-4-13)27-20-23-18-17(28-20)2-1-7-22-18/h1-7,14-15H,8-12H2,(H2,21,26). The monoisotopic (exact) mass is 395 g/mol. The van der Waals surface area contributed by atoms with Crippen molar-refractivity contribution in [3.63, 3.8) is 0 Å². The maximum atomic E-state index is 11.3. The summed E-state index contributed by atoms with van der Waals surface area (Å²) in [6.45, 7) is 4.53. The van der Waals surface area contributed by atoms with Crippen molar-refractivity contribution in [2.45, 2.75) is 6.54 Å². The zero-order valence-electron chi connectivity index (χ0n) is 15.3. The number of pyridine rings is 1. The molecule has 0 aliphatic carbocycles. The van der Waals surface area contributed by atoms with Gasteiger partial charge in [-0.3, -0.25) is 4.90 Å². The van der Waals surface area contributed by atoms with Gasteiger partial charge >= 0.3 is 6.03 Å². The maximum Gasteiger partial charge on any atom is 0.314 e. The third kappa shape index (κ3) is 3.41. The van der Waals surface area contributed by atoms with Crippen molar-refractivity contribution in [3.05, 3.63) is 48.2 Å². The van der Waals surface area contributed by atoms with Gasteiger partial charge in [-0.1, -0.05) is 23.5 Å². The molecule has 0 radical (unpaired) electrons. The van der Waals surface area contributed by atoms with Crippen molar-refractivity contribution in [3.8, 4) is 10.9 Å². The van der Waals surface area contributed by atoms with Crippen LogP contribution in [0.3, 0.4) is 0 Å². The van der Waals surface area contributed by atoms with Crippen molar-refractivity contribution < 1.29 is 9.53 Å². The molecule has 144 valence electrons. The molecule has 28 heavy (non-hydrogen) atoms. The number of primary amides is 1. The molecule has 2 atom stereocenters. The Kier molecular flexibility index (Phi) is 4.37. The minimum atomic E-state index is -0.291. The Morgan fingerprint density at radius 2 is 1.89 bits per heavy atom. The van der Waals surface area contributed by atoms with Crippen LogP contribution in [-0.4, -0.2) is 52.0 Å². The molecule has 2 unspecified atom stereocenters. The lowest BCUT2D eigenvalue weighted by Gasteiger charge is -2.20. The average molecular weight is 395 g/mol. The number of nitrogens with zero attached hydrogens (tertiary/aromatic N) is 4. The summed E-state index contributed by atoms with van der Waals surface area (Å²) in [5, 5.41) is 0.604. The molecule has 4 heterocycles. The van der Waals surface area contributed by atoms with Gasteiger partial charge in [-0.15, -0.1) is 0 Å². The molecule has 1 aromatic carbocycles. The fourth-order valence-corrected chi connectivity index (χ4v) is 5.01. The zero-order valence-corrected chi connectivity index (χ0v) is 16.1. The Balaban J connectivity index is 1.19. The number of amides is 2. The van der Waals surface area contributed by atoms with Gasteiger partial charge in [0.2, 0.25) is 0 Å². The van der Waals surface area contributed by atoms with Crippen molar-refractivity contribution in [2.75, 3.05) is 26.2 Å². The van der Waals surface area contributed by atoms with Crippen LogP contribution >= 0.6 is 11.3 Å². The van der Waals surface area contributed by atoms with Crippen LogP contribution in [0.4, 0.5) is 4.79 Å². The molecule has 2 saturated heterocycles. The molecule has 0 bridgehead atoms. The molecule has 3 aromatic rings. The molecule has 0 saturated carbocycles. The summed E-state index contributed by atoms with van der Waals surface area (Å²) in [5.74, 6) is 1.86. The molecule has 2 aliphatic heterocycles. The lowest BCUT2D eigenvalue weighted by Crippen LogP contribution is -2.36. The predicted octanol–water partition coefficient (Wildman–Crippen LogP) is 2.93. The van der Waals surface area contributed by atoms with E-state index < -0.39 is 0 Å². The Morgan fingerprint density at radius 1 is 1.14 bits per heavy atom. The van der Waals surface area contributed by atoms with Gasteiger partial charge in [0.25, 0.3) is 5.19 Å². The van der Waals surface area contributed by atoms with Gasteiger partial charge in [-0.05, 0) is 41.7 Å². The van der Waals surface area contributed by atoms with Crippen LogP contribution in [-0.2, 0) is 6.54 Å². The maximum absolute atomic E-state index is 11.3. The molecular weight excluding hydrogens is 374 g/mol. The minimum absolute atomic E-state index is 0.291. The van der Waals surface area contributed by atoms with Crippen molar-refractivity contribution in [1.29, 1.82) is 0 Å². The molecular formula is C20H21N5O2S. The van der Waals surface area contributed by atoms with Gasteiger partial charge in [0, 0.05) is 38.9 Å². The quantitative estimate of drug-likeness (QED) is 0.734. The van der Waals surface area contributed by atoms with Crippen LogP contribution in [0.1, 0.15) is 5.56 Å². The number of aromatic nitrogens is 2. The van der Waals surface area contributed by atoms with Gasteiger partial charge in [0.05, 0.1) is 4.70 Å². The number of benzene rings is 1. The molecule has 5 rings (SSSR count). The van der Waals surface area contributed by atoms with Gasteiger partial charge in [0.15, 0.2) is 5.65 Å². The van der Waals surface area contributed by atoms with Gasteiger partial charge in [-0.25, -0.2) is 9.78 Å². The zero-order chi connectivity index (χ0) is 19.1. The molecule has 7 nitrogen and oxygen atoms in total. The van der Waals surface area contributed by atoms with Crippen molar-refractivity contribution in [2.24, 2.45) is 17.6 Å². The van der Waals surface area contributed by atoms with Crippen molar-refractivity contribution in [1.82, 2.24) is 19.8 Å². The summed E-state index contributed by atoms with van der Waals surface area (Å²) in [4.78, 5) is 24.2. The second kappa shape index (κ2) is 7.03. The van der Waals surface area contributed by atoms with E-state index in [-0.39, 0.29) is 6.03 Å². The van der Waals surface area contributed by atoms with E-state index in [1.165, 1.54) is 16.9 Å². The lowest BCUT2D eigenvalue weighted by molar-refractivity contribution is 0.208. The number of nitrogens with two attached hydrogens (primary N) is 1. The van der Waals surface area contributed by atoms with E-state index in [4.69, 9.17) is 10.5 Å². The minimum Gasteiger partial charge on any atom is -0.431 e. The highest BCUT2D eigenvalue weighted by Gasteiger charge is 2.40. The van der Waals surface area contributed by atoms with Gasteiger partial charge in [-0.2, -0.15) is 4.98 Å². The van der Waals surface area contributed by atoms with E-state index in [1.807, 2.05) is 24.3 Å². The number of carbonyl (C=O) groups is 1.